The number of amides is 1. The first-order valence-corrected chi connectivity index (χ1v) is 8.38. The van der Waals surface area contributed by atoms with Crippen molar-refractivity contribution >= 4 is 23.3 Å². The van der Waals surface area contributed by atoms with E-state index in [1.165, 1.54) is 20.2 Å². The molecule has 0 unspecified atom stereocenters. The predicted molar refractivity (Wildman–Crippen MR) is 103 cm³/mol. The van der Waals surface area contributed by atoms with Crippen LogP contribution in [0.15, 0.2) is 60.3 Å². The molecule has 0 bridgehead atoms. The van der Waals surface area contributed by atoms with Gasteiger partial charge in [0.05, 0.1) is 12.7 Å². The van der Waals surface area contributed by atoms with Gasteiger partial charge in [-0.2, -0.15) is 5.26 Å². The second-order valence-electron chi connectivity index (χ2n) is 5.83. The highest BCUT2D eigenvalue weighted by Gasteiger charge is 2.10. The average molecular weight is 377 g/mol. The van der Waals surface area contributed by atoms with Crippen LogP contribution in [-0.4, -0.2) is 24.8 Å². The normalized spacial score (nSPS) is 10.5. The van der Waals surface area contributed by atoms with Crippen LogP contribution < -0.4 is 10.6 Å². The van der Waals surface area contributed by atoms with Gasteiger partial charge in [0.2, 0.25) is 0 Å². The van der Waals surface area contributed by atoms with Crippen LogP contribution in [0.5, 0.6) is 0 Å². The summed E-state index contributed by atoms with van der Waals surface area (Å²) in [5.74, 6) is -1.12. The number of methoxy groups -OCH3 is 1. The molecule has 2 rings (SSSR count). The number of carbonyl (C=O) groups is 3. The molecule has 2 N–H and O–H groups in total. The average Bonchev–Trinajstić information content (AvgIpc) is 2.71. The van der Waals surface area contributed by atoms with Gasteiger partial charge in [-0.15, -0.1) is 0 Å². The molecule has 0 heterocycles. The van der Waals surface area contributed by atoms with E-state index in [0.717, 1.165) is 5.56 Å². The molecule has 7 heteroatoms. The lowest BCUT2D eigenvalue weighted by molar-refractivity contribution is -0.112. The van der Waals surface area contributed by atoms with Gasteiger partial charge in [-0.25, -0.2) is 4.79 Å². The molecule has 28 heavy (non-hydrogen) atoms. The van der Waals surface area contributed by atoms with Gasteiger partial charge >= 0.3 is 5.97 Å². The highest BCUT2D eigenvalue weighted by atomic mass is 16.5. The summed E-state index contributed by atoms with van der Waals surface area (Å²) in [6.07, 6.45) is 1.32. The van der Waals surface area contributed by atoms with E-state index in [4.69, 9.17) is 0 Å². The van der Waals surface area contributed by atoms with E-state index in [9.17, 15) is 19.6 Å². The largest absolute Gasteiger partial charge is 0.465 e. The number of nitrogens with one attached hydrogen (secondary N) is 2. The minimum atomic E-state index is -0.586. The molecule has 0 aliphatic heterocycles. The molecule has 0 aliphatic carbocycles. The zero-order chi connectivity index (χ0) is 20.5. The molecule has 1 amide bonds. The molecular formula is C21H19N3O4. The van der Waals surface area contributed by atoms with Gasteiger partial charge in [-0.3, -0.25) is 9.59 Å². The van der Waals surface area contributed by atoms with Crippen LogP contribution in [0.2, 0.25) is 0 Å². The van der Waals surface area contributed by atoms with Crippen molar-refractivity contribution in [2.45, 2.75) is 13.5 Å². The maximum absolute atomic E-state index is 12.2. The summed E-state index contributed by atoms with van der Waals surface area (Å²) in [6.45, 7) is 1.79. The molecule has 0 saturated heterocycles. The van der Waals surface area contributed by atoms with Gasteiger partial charge in [0.1, 0.15) is 11.6 Å². The third-order valence-electron chi connectivity index (χ3n) is 3.82. The van der Waals surface area contributed by atoms with E-state index in [1.54, 1.807) is 48.5 Å². The SMILES string of the molecule is COC(=O)c1ccc(CN/C=C(/C#N)C(=O)Nc2cccc(C(C)=O)c2)cc1. The molecule has 7 nitrogen and oxygen atoms in total. The number of rotatable bonds is 7. The quantitative estimate of drug-likeness (QED) is 0.332. The van der Waals surface area contributed by atoms with Crippen LogP contribution in [-0.2, 0) is 16.1 Å². The summed E-state index contributed by atoms with van der Waals surface area (Å²) in [5.41, 5.74) is 2.08. The van der Waals surface area contributed by atoms with Gasteiger partial charge in [-0.1, -0.05) is 24.3 Å². The first-order chi connectivity index (χ1) is 13.4. The maximum Gasteiger partial charge on any atom is 0.337 e. The standard InChI is InChI=1S/C21H19N3O4/c1-14(25)17-4-3-5-19(10-17)24-20(26)18(11-22)13-23-12-15-6-8-16(9-7-15)21(27)28-2/h3-10,13,23H,12H2,1-2H3,(H,24,26)/b18-13-. The lowest BCUT2D eigenvalue weighted by Crippen LogP contribution is -2.17. The number of hydrogen-bond donors (Lipinski definition) is 2. The minimum absolute atomic E-state index is 0.112. The molecule has 0 atom stereocenters. The second-order valence-corrected chi connectivity index (χ2v) is 5.83. The number of nitrogens with zero attached hydrogens (tertiary/aromatic N) is 1. The highest BCUT2D eigenvalue weighted by Crippen LogP contribution is 2.12. The Hall–Kier alpha value is -3.92. The molecule has 0 spiro atoms. The summed E-state index contributed by atoms with van der Waals surface area (Å²) < 4.78 is 4.64. The van der Waals surface area contributed by atoms with Crippen LogP contribution >= 0.6 is 0 Å². The van der Waals surface area contributed by atoms with Crippen molar-refractivity contribution in [1.29, 1.82) is 5.26 Å². The molecular weight excluding hydrogens is 358 g/mol. The van der Waals surface area contributed by atoms with Crippen molar-refractivity contribution in [3.8, 4) is 6.07 Å². The molecule has 2 aromatic rings. The van der Waals surface area contributed by atoms with Crippen molar-refractivity contribution in [1.82, 2.24) is 5.32 Å². The molecule has 0 aliphatic rings. The molecule has 0 radical (unpaired) electrons. The lowest BCUT2D eigenvalue weighted by atomic mass is 10.1. The Bertz CT molecular complexity index is 956. The van der Waals surface area contributed by atoms with Crippen molar-refractivity contribution in [2.75, 3.05) is 12.4 Å². The topological polar surface area (TPSA) is 108 Å². The first kappa shape index (κ1) is 20.4. The summed E-state index contributed by atoms with van der Waals surface area (Å²) in [4.78, 5) is 35.1. The summed E-state index contributed by atoms with van der Waals surface area (Å²) >= 11 is 0. The third-order valence-corrected chi connectivity index (χ3v) is 3.82. The third kappa shape index (κ3) is 5.54. The van der Waals surface area contributed by atoms with Crippen molar-refractivity contribution in [3.05, 3.63) is 77.0 Å². The van der Waals surface area contributed by atoms with Gasteiger partial charge in [0, 0.05) is 24.0 Å². The number of Topliss-reactive ketones (excluding diaryl/α,β-unsaturated/α-hetero) is 1. The van der Waals surface area contributed by atoms with Crippen LogP contribution in [0, 0.1) is 11.3 Å². The number of hydrogen-bond acceptors (Lipinski definition) is 6. The van der Waals surface area contributed by atoms with E-state index in [0.29, 0.717) is 23.4 Å². The number of esters is 1. The first-order valence-electron chi connectivity index (χ1n) is 8.38. The molecule has 2 aromatic carbocycles. The minimum Gasteiger partial charge on any atom is -0.465 e. The summed E-state index contributed by atoms with van der Waals surface area (Å²) in [7, 11) is 1.31. The Balaban J connectivity index is 1.98. The molecule has 0 saturated carbocycles. The van der Waals surface area contributed by atoms with Gasteiger partial charge in [-0.05, 0) is 36.8 Å². The van der Waals surface area contributed by atoms with E-state index in [1.807, 2.05) is 6.07 Å². The number of anilines is 1. The Morgan fingerprint density at radius 3 is 2.43 bits per heavy atom. The number of benzene rings is 2. The summed E-state index contributed by atoms with van der Waals surface area (Å²) in [5, 5.41) is 14.7. The second kappa shape index (κ2) is 9.69. The zero-order valence-electron chi connectivity index (χ0n) is 15.5. The van der Waals surface area contributed by atoms with Crippen LogP contribution in [0.25, 0.3) is 0 Å². The smallest absolute Gasteiger partial charge is 0.337 e. The fourth-order valence-electron chi connectivity index (χ4n) is 2.31. The fourth-order valence-corrected chi connectivity index (χ4v) is 2.31. The number of carbonyl (C=O) groups excluding carboxylic acids is 3. The van der Waals surface area contributed by atoms with E-state index in [2.05, 4.69) is 15.4 Å². The maximum atomic E-state index is 12.2. The van der Waals surface area contributed by atoms with Gasteiger partial charge in [0.15, 0.2) is 5.78 Å². The lowest BCUT2D eigenvalue weighted by Gasteiger charge is -2.07. The Morgan fingerprint density at radius 2 is 1.82 bits per heavy atom. The monoisotopic (exact) mass is 377 g/mol. The molecule has 142 valence electrons. The van der Waals surface area contributed by atoms with Crippen LogP contribution in [0.1, 0.15) is 33.2 Å². The van der Waals surface area contributed by atoms with Crippen molar-refractivity contribution in [2.24, 2.45) is 0 Å². The van der Waals surface area contributed by atoms with Crippen LogP contribution in [0.3, 0.4) is 0 Å². The van der Waals surface area contributed by atoms with Crippen molar-refractivity contribution < 1.29 is 19.1 Å². The summed E-state index contributed by atoms with van der Waals surface area (Å²) in [6, 6.07) is 15.1. The number of ether oxygens (including phenoxy) is 1. The molecule has 0 fully saturated rings. The van der Waals surface area contributed by atoms with E-state index < -0.39 is 11.9 Å². The van der Waals surface area contributed by atoms with Crippen LogP contribution in [0.4, 0.5) is 5.69 Å². The van der Waals surface area contributed by atoms with E-state index >= 15 is 0 Å². The Morgan fingerprint density at radius 1 is 1.11 bits per heavy atom. The molecule has 0 aromatic heterocycles. The number of ketones is 1. The zero-order valence-corrected chi connectivity index (χ0v) is 15.5. The predicted octanol–water partition coefficient (Wildman–Crippen LogP) is 2.81. The van der Waals surface area contributed by atoms with Gasteiger partial charge in [0.25, 0.3) is 5.91 Å². The van der Waals surface area contributed by atoms with Gasteiger partial charge < -0.3 is 15.4 Å². The highest BCUT2D eigenvalue weighted by molar-refractivity contribution is 6.07. The fraction of sp³-hybridized carbons (Fsp3) is 0.143. The van der Waals surface area contributed by atoms with E-state index in [-0.39, 0.29) is 11.4 Å². The Labute approximate surface area is 162 Å². The Kier molecular flexibility index (Phi) is 7.06. The number of nitriles is 1. The van der Waals surface area contributed by atoms with Crippen molar-refractivity contribution in [3.63, 3.8) is 0 Å².